The molecular formula is C17H21NO2. The van der Waals surface area contributed by atoms with Gasteiger partial charge in [-0.05, 0) is 48.2 Å². The molecule has 0 aliphatic heterocycles. The molecule has 0 aliphatic carbocycles. The van der Waals surface area contributed by atoms with Crippen LogP contribution < -0.4 is 15.2 Å². The number of aryl methyl sites for hydroxylation is 2. The van der Waals surface area contributed by atoms with Crippen LogP contribution >= 0.6 is 0 Å². The van der Waals surface area contributed by atoms with E-state index < -0.39 is 0 Å². The number of hydrogen-bond donors (Lipinski definition) is 1. The Bertz CT molecular complexity index is 585. The van der Waals surface area contributed by atoms with Crippen LogP contribution in [-0.4, -0.2) is 14.2 Å². The Balaban J connectivity index is 2.40. The van der Waals surface area contributed by atoms with E-state index in [1.807, 2.05) is 38.1 Å². The molecule has 1 atom stereocenters. The first-order chi connectivity index (χ1) is 9.56. The second-order valence-corrected chi connectivity index (χ2v) is 4.94. The number of rotatable bonds is 4. The third kappa shape index (κ3) is 2.78. The molecule has 2 aromatic rings. The first-order valence-electron chi connectivity index (χ1n) is 6.61. The fraction of sp³-hybridized carbons (Fsp3) is 0.294. The number of benzene rings is 2. The Labute approximate surface area is 120 Å². The highest BCUT2D eigenvalue weighted by atomic mass is 16.5. The van der Waals surface area contributed by atoms with E-state index >= 15 is 0 Å². The van der Waals surface area contributed by atoms with E-state index in [2.05, 4.69) is 12.1 Å². The number of hydrogen-bond acceptors (Lipinski definition) is 3. The molecule has 0 spiro atoms. The number of ether oxygens (including phenoxy) is 2. The molecule has 0 bridgehead atoms. The SMILES string of the molecule is COc1cccc(C(N)c2cc(C)c(OC)c(C)c2)c1. The van der Waals surface area contributed by atoms with Crippen LogP contribution in [0.2, 0.25) is 0 Å². The molecule has 0 heterocycles. The van der Waals surface area contributed by atoms with Gasteiger partial charge in [0.15, 0.2) is 0 Å². The standard InChI is InChI=1S/C17H21NO2/c1-11-8-14(9-12(2)17(11)20-4)16(18)13-6-5-7-15(10-13)19-3/h5-10,16H,18H2,1-4H3. The summed E-state index contributed by atoms with van der Waals surface area (Å²) in [6.07, 6.45) is 0. The fourth-order valence-electron chi connectivity index (χ4n) is 2.51. The van der Waals surface area contributed by atoms with Crippen molar-refractivity contribution in [1.82, 2.24) is 0 Å². The van der Waals surface area contributed by atoms with Crippen molar-refractivity contribution in [1.29, 1.82) is 0 Å². The van der Waals surface area contributed by atoms with E-state index in [1.165, 1.54) is 0 Å². The van der Waals surface area contributed by atoms with Gasteiger partial charge in [-0.15, -0.1) is 0 Å². The van der Waals surface area contributed by atoms with Crippen LogP contribution in [0, 0.1) is 13.8 Å². The molecule has 3 heteroatoms. The summed E-state index contributed by atoms with van der Waals surface area (Å²) in [5.74, 6) is 1.74. The van der Waals surface area contributed by atoms with Crippen molar-refractivity contribution in [2.75, 3.05) is 14.2 Å². The molecule has 0 aromatic heterocycles. The minimum atomic E-state index is -0.173. The number of methoxy groups -OCH3 is 2. The zero-order valence-electron chi connectivity index (χ0n) is 12.4. The van der Waals surface area contributed by atoms with Gasteiger partial charge in [-0.3, -0.25) is 0 Å². The van der Waals surface area contributed by atoms with Crippen molar-refractivity contribution in [2.24, 2.45) is 5.73 Å². The monoisotopic (exact) mass is 271 g/mol. The summed E-state index contributed by atoms with van der Waals surface area (Å²) in [6, 6.07) is 11.8. The first kappa shape index (κ1) is 14.4. The van der Waals surface area contributed by atoms with Crippen molar-refractivity contribution in [3.05, 3.63) is 58.7 Å². The van der Waals surface area contributed by atoms with Crippen LogP contribution in [0.5, 0.6) is 11.5 Å². The maximum absolute atomic E-state index is 6.37. The highest BCUT2D eigenvalue weighted by molar-refractivity contribution is 5.46. The summed E-state index contributed by atoms with van der Waals surface area (Å²) in [4.78, 5) is 0. The molecule has 2 aromatic carbocycles. The second-order valence-electron chi connectivity index (χ2n) is 4.94. The Kier molecular flexibility index (Phi) is 4.30. The van der Waals surface area contributed by atoms with Gasteiger partial charge >= 0.3 is 0 Å². The zero-order chi connectivity index (χ0) is 14.7. The Morgan fingerprint density at radius 3 is 2.10 bits per heavy atom. The molecule has 0 saturated carbocycles. The van der Waals surface area contributed by atoms with Crippen LogP contribution in [0.3, 0.4) is 0 Å². The first-order valence-corrected chi connectivity index (χ1v) is 6.61. The van der Waals surface area contributed by atoms with Crippen LogP contribution in [-0.2, 0) is 0 Å². The van der Waals surface area contributed by atoms with Crippen LogP contribution in [0.1, 0.15) is 28.3 Å². The predicted octanol–water partition coefficient (Wildman–Crippen LogP) is 3.37. The molecule has 3 nitrogen and oxygen atoms in total. The molecule has 0 amide bonds. The van der Waals surface area contributed by atoms with E-state index in [4.69, 9.17) is 15.2 Å². The van der Waals surface area contributed by atoms with E-state index in [9.17, 15) is 0 Å². The molecule has 0 radical (unpaired) electrons. The normalized spacial score (nSPS) is 12.1. The third-order valence-electron chi connectivity index (χ3n) is 3.50. The van der Waals surface area contributed by atoms with Gasteiger partial charge in [0, 0.05) is 0 Å². The average molecular weight is 271 g/mol. The van der Waals surface area contributed by atoms with Gasteiger partial charge in [0.1, 0.15) is 11.5 Å². The summed E-state index contributed by atoms with van der Waals surface area (Å²) in [5.41, 5.74) is 10.7. The van der Waals surface area contributed by atoms with Gasteiger partial charge in [-0.2, -0.15) is 0 Å². The minimum absolute atomic E-state index is 0.173. The predicted molar refractivity (Wildman–Crippen MR) is 81.5 cm³/mol. The number of nitrogens with two attached hydrogens (primary N) is 1. The molecular weight excluding hydrogens is 250 g/mol. The highest BCUT2D eigenvalue weighted by Gasteiger charge is 2.13. The summed E-state index contributed by atoms with van der Waals surface area (Å²) >= 11 is 0. The van der Waals surface area contributed by atoms with E-state index in [-0.39, 0.29) is 6.04 Å². The van der Waals surface area contributed by atoms with Gasteiger partial charge in [0.2, 0.25) is 0 Å². The molecule has 0 fully saturated rings. The van der Waals surface area contributed by atoms with Crippen LogP contribution in [0.25, 0.3) is 0 Å². The van der Waals surface area contributed by atoms with E-state index in [0.717, 1.165) is 33.8 Å². The summed E-state index contributed by atoms with van der Waals surface area (Å²) in [6.45, 7) is 4.07. The highest BCUT2D eigenvalue weighted by Crippen LogP contribution is 2.29. The van der Waals surface area contributed by atoms with Crippen molar-refractivity contribution in [2.45, 2.75) is 19.9 Å². The lowest BCUT2D eigenvalue weighted by molar-refractivity contribution is 0.408. The lowest BCUT2D eigenvalue weighted by Crippen LogP contribution is -2.12. The fourth-order valence-corrected chi connectivity index (χ4v) is 2.51. The lowest BCUT2D eigenvalue weighted by Gasteiger charge is -2.17. The summed E-state index contributed by atoms with van der Waals surface area (Å²) < 4.78 is 10.6. The van der Waals surface area contributed by atoms with Gasteiger partial charge in [-0.1, -0.05) is 24.3 Å². The topological polar surface area (TPSA) is 44.5 Å². The maximum Gasteiger partial charge on any atom is 0.124 e. The quantitative estimate of drug-likeness (QED) is 0.927. The van der Waals surface area contributed by atoms with Crippen molar-refractivity contribution in [3.8, 4) is 11.5 Å². The molecule has 1 unspecified atom stereocenters. The smallest absolute Gasteiger partial charge is 0.124 e. The van der Waals surface area contributed by atoms with Gasteiger partial charge in [0.25, 0.3) is 0 Å². The van der Waals surface area contributed by atoms with Gasteiger partial charge in [-0.25, -0.2) is 0 Å². The maximum atomic E-state index is 6.37. The zero-order valence-corrected chi connectivity index (χ0v) is 12.4. The Morgan fingerprint density at radius 2 is 1.55 bits per heavy atom. The molecule has 0 saturated heterocycles. The summed E-state index contributed by atoms with van der Waals surface area (Å²) in [7, 11) is 3.35. The lowest BCUT2D eigenvalue weighted by atomic mass is 9.95. The minimum Gasteiger partial charge on any atom is -0.497 e. The Morgan fingerprint density at radius 1 is 0.900 bits per heavy atom. The van der Waals surface area contributed by atoms with Gasteiger partial charge < -0.3 is 15.2 Å². The third-order valence-corrected chi connectivity index (χ3v) is 3.50. The molecule has 20 heavy (non-hydrogen) atoms. The molecule has 106 valence electrons. The second kappa shape index (κ2) is 5.97. The average Bonchev–Trinajstić information content (AvgIpc) is 2.46. The largest absolute Gasteiger partial charge is 0.497 e. The van der Waals surface area contributed by atoms with E-state index in [1.54, 1.807) is 14.2 Å². The van der Waals surface area contributed by atoms with Gasteiger partial charge in [0.05, 0.1) is 20.3 Å². The Hall–Kier alpha value is -2.00. The summed E-state index contributed by atoms with van der Waals surface area (Å²) in [5, 5.41) is 0. The van der Waals surface area contributed by atoms with Crippen LogP contribution in [0.15, 0.2) is 36.4 Å². The molecule has 2 rings (SSSR count). The van der Waals surface area contributed by atoms with Crippen molar-refractivity contribution < 1.29 is 9.47 Å². The molecule has 0 aliphatic rings. The molecule has 2 N–H and O–H groups in total. The van der Waals surface area contributed by atoms with E-state index in [0.29, 0.717) is 0 Å². The van der Waals surface area contributed by atoms with Crippen molar-refractivity contribution >= 4 is 0 Å². The van der Waals surface area contributed by atoms with Crippen molar-refractivity contribution in [3.63, 3.8) is 0 Å². The van der Waals surface area contributed by atoms with Crippen LogP contribution in [0.4, 0.5) is 0 Å².